The number of alkyl carbamates (subject to hydrolysis) is 1. The summed E-state index contributed by atoms with van der Waals surface area (Å²) in [4.78, 5) is 12.1. The Morgan fingerprint density at radius 2 is 2.46 bits per heavy atom. The van der Waals surface area contributed by atoms with Gasteiger partial charge in [0.05, 0.1) is 13.2 Å². The first-order valence-corrected chi connectivity index (χ1v) is 5.05. The number of carbonyl (C=O) groups excluding carboxylic acids is 1. The van der Waals surface area contributed by atoms with Gasteiger partial charge in [0.15, 0.2) is 0 Å². The van der Waals surface area contributed by atoms with E-state index in [4.69, 9.17) is 4.74 Å². The van der Waals surface area contributed by atoms with Crippen molar-refractivity contribution in [1.29, 1.82) is 0 Å². The minimum Gasteiger partial charge on any atom is -0.450 e. The molecule has 1 aromatic rings. The molecule has 3 nitrogen and oxygen atoms in total. The van der Waals surface area contributed by atoms with Gasteiger partial charge in [-0.25, -0.2) is 4.79 Å². The first kappa shape index (κ1) is 10.1. The molecular weight excluding hydrogens is 186 g/mol. The van der Waals surface area contributed by atoms with Crippen LogP contribution in [0.4, 0.5) is 4.79 Å². The Morgan fingerprint density at radius 1 is 1.69 bits per heavy atom. The van der Waals surface area contributed by atoms with Gasteiger partial charge in [-0.05, 0) is 30.9 Å². The molecule has 0 atom stereocenters. The zero-order valence-electron chi connectivity index (χ0n) is 7.79. The molecule has 0 bridgehead atoms. The molecule has 0 radical (unpaired) electrons. The minimum atomic E-state index is -0.352. The van der Waals surface area contributed by atoms with Gasteiger partial charge in [0.2, 0.25) is 0 Å². The van der Waals surface area contributed by atoms with E-state index in [1.54, 1.807) is 18.3 Å². The highest BCUT2D eigenvalue weighted by molar-refractivity contribution is 7.10. The van der Waals surface area contributed by atoms with Gasteiger partial charge in [-0.2, -0.15) is 0 Å². The van der Waals surface area contributed by atoms with Gasteiger partial charge < -0.3 is 10.1 Å². The second-order valence-electron chi connectivity index (χ2n) is 2.60. The number of nitrogens with one attached hydrogen (secondary N) is 1. The Kier molecular flexibility index (Phi) is 3.76. The molecule has 13 heavy (non-hydrogen) atoms. The summed E-state index contributed by atoms with van der Waals surface area (Å²) >= 11 is 1.64. The van der Waals surface area contributed by atoms with E-state index in [1.807, 2.05) is 18.4 Å². The Bertz CT molecular complexity index is 283. The zero-order chi connectivity index (χ0) is 9.68. The average Bonchev–Trinajstić information content (AvgIpc) is 2.48. The molecule has 72 valence electrons. The molecule has 1 aromatic heterocycles. The van der Waals surface area contributed by atoms with Gasteiger partial charge in [0, 0.05) is 4.88 Å². The van der Waals surface area contributed by atoms with Crippen LogP contribution in [0.3, 0.4) is 0 Å². The SMILES string of the molecule is CCOC(=O)NCc1sccc1C. The van der Waals surface area contributed by atoms with Gasteiger partial charge in [0.1, 0.15) is 0 Å². The van der Waals surface area contributed by atoms with Gasteiger partial charge >= 0.3 is 6.09 Å². The third kappa shape index (κ3) is 3.06. The lowest BCUT2D eigenvalue weighted by Crippen LogP contribution is -2.23. The third-order valence-corrected chi connectivity index (χ3v) is 2.66. The Hall–Kier alpha value is -1.03. The summed E-state index contributed by atoms with van der Waals surface area (Å²) in [7, 11) is 0. The van der Waals surface area contributed by atoms with Crippen LogP contribution in [0.5, 0.6) is 0 Å². The van der Waals surface area contributed by atoms with Crippen LogP contribution >= 0.6 is 11.3 Å². The summed E-state index contributed by atoms with van der Waals surface area (Å²) in [6.45, 7) is 4.78. The van der Waals surface area contributed by atoms with Crippen molar-refractivity contribution in [2.75, 3.05) is 6.61 Å². The maximum Gasteiger partial charge on any atom is 0.407 e. The van der Waals surface area contributed by atoms with Crippen LogP contribution in [0.1, 0.15) is 17.4 Å². The number of thiophene rings is 1. The van der Waals surface area contributed by atoms with E-state index in [1.165, 1.54) is 10.4 Å². The molecule has 0 aliphatic carbocycles. The lowest BCUT2D eigenvalue weighted by atomic mass is 10.3. The molecule has 1 amide bonds. The number of hydrogen-bond acceptors (Lipinski definition) is 3. The van der Waals surface area contributed by atoms with E-state index in [0.717, 1.165) is 0 Å². The number of rotatable bonds is 3. The van der Waals surface area contributed by atoms with E-state index in [-0.39, 0.29) is 6.09 Å². The highest BCUT2D eigenvalue weighted by Gasteiger charge is 2.02. The molecule has 1 rings (SSSR count). The summed E-state index contributed by atoms with van der Waals surface area (Å²) in [6.07, 6.45) is -0.352. The monoisotopic (exact) mass is 199 g/mol. The molecule has 1 N–H and O–H groups in total. The van der Waals surface area contributed by atoms with Crippen LogP contribution in [-0.4, -0.2) is 12.7 Å². The Morgan fingerprint density at radius 3 is 3.00 bits per heavy atom. The fourth-order valence-corrected chi connectivity index (χ4v) is 1.77. The zero-order valence-corrected chi connectivity index (χ0v) is 8.61. The standard InChI is InChI=1S/C9H13NO2S/c1-3-12-9(11)10-6-8-7(2)4-5-13-8/h4-5H,3,6H2,1-2H3,(H,10,11). The molecule has 0 aromatic carbocycles. The Labute approximate surface area is 81.7 Å². The van der Waals surface area contributed by atoms with Gasteiger partial charge in [0.25, 0.3) is 0 Å². The molecule has 0 spiro atoms. The second-order valence-corrected chi connectivity index (χ2v) is 3.60. The highest BCUT2D eigenvalue weighted by atomic mass is 32.1. The smallest absolute Gasteiger partial charge is 0.407 e. The largest absolute Gasteiger partial charge is 0.450 e. The number of aryl methyl sites for hydroxylation is 1. The summed E-state index contributed by atoms with van der Waals surface area (Å²) in [5, 5.41) is 4.69. The molecule has 0 unspecified atom stereocenters. The van der Waals surface area contributed by atoms with Crippen LogP contribution in [0.15, 0.2) is 11.4 Å². The molecule has 0 aliphatic heterocycles. The predicted octanol–water partition coefficient (Wildman–Crippen LogP) is 2.30. The first-order chi connectivity index (χ1) is 6.24. The quantitative estimate of drug-likeness (QED) is 0.811. The van der Waals surface area contributed by atoms with Crippen molar-refractivity contribution in [2.24, 2.45) is 0 Å². The number of amides is 1. The van der Waals surface area contributed by atoms with Gasteiger partial charge in [-0.1, -0.05) is 0 Å². The van der Waals surface area contributed by atoms with Crippen molar-refractivity contribution in [2.45, 2.75) is 20.4 Å². The van der Waals surface area contributed by atoms with Crippen molar-refractivity contribution in [3.05, 3.63) is 21.9 Å². The van der Waals surface area contributed by atoms with Crippen molar-refractivity contribution in [1.82, 2.24) is 5.32 Å². The Balaban J connectivity index is 2.35. The summed E-state index contributed by atoms with van der Waals surface area (Å²) in [5.41, 5.74) is 1.21. The summed E-state index contributed by atoms with van der Waals surface area (Å²) < 4.78 is 4.73. The van der Waals surface area contributed by atoms with Crippen LogP contribution in [-0.2, 0) is 11.3 Å². The second kappa shape index (κ2) is 4.87. The minimum absolute atomic E-state index is 0.352. The lowest BCUT2D eigenvalue weighted by molar-refractivity contribution is 0.152. The van der Waals surface area contributed by atoms with E-state index in [9.17, 15) is 4.79 Å². The number of carbonyl (C=O) groups is 1. The van der Waals surface area contributed by atoms with Crippen molar-refractivity contribution in [3.8, 4) is 0 Å². The average molecular weight is 199 g/mol. The third-order valence-electron chi connectivity index (χ3n) is 1.64. The number of ether oxygens (including phenoxy) is 1. The number of hydrogen-bond donors (Lipinski definition) is 1. The van der Waals surface area contributed by atoms with E-state index >= 15 is 0 Å². The molecule has 0 saturated heterocycles. The maximum absolute atomic E-state index is 10.9. The van der Waals surface area contributed by atoms with Crippen molar-refractivity contribution < 1.29 is 9.53 Å². The van der Waals surface area contributed by atoms with E-state index in [0.29, 0.717) is 13.2 Å². The normalized spacial score (nSPS) is 9.69. The first-order valence-electron chi connectivity index (χ1n) is 4.17. The van der Waals surface area contributed by atoms with Crippen LogP contribution in [0.2, 0.25) is 0 Å². The summed E-state index contributed by atoms with van der Waals surface area (Å²) in [6, 6.07) is 2.03. The lowest BCUT2D eigenvalue weighted by Gasteiger charge is -2.03. The van der Waals surface area contributed by atoms with E-state index < -0.39 is 0 Å². The molecular formula is C9H13NO2S. The molecule has 1 heterocycles. The van der Waals surface area contributed by atoms with Gasteiger partial charge in [-0.3, -0.25) is 0 Å². The maximum atomic E-state index is 10.9. The molecule has 4 heteroatoms. The highest BCUT2D eigenvalue weighted by Crippen LogP contribution is 2.14. The van der Waals surface area contributed by atoms with Crippen LogP contribution in [0.25, 0.3) is 0 Å². The molecule has 0 saturated carbocycles. The molecule has 0 aliphatic rings. The van der Waals surface area contributed by atoms with Crippen LogP contribution < -0.4 is 5.32 Å². The van der Waals surface area contributed by atoms with Gasteiger partial charge in [-0.15, -0.1) is 11.3 Å². The predicted molar refractivity (Wildman–Crippen MR) is 52.9 cm³/mol. The molecule has 0 fully saturated rings. The van der Waals surface area contributed by atoms with Crippen molar-refractivity contribution in [3.63, 3.8) is 0 Å². The fourth-order valence-electron chi connectivity index (χ4n) is 0.920. The fraction of sp³-hybridized carbons (Fsp3) is 0.444. The summed E-state index contributed by atoms with van der Waals surface area (Å²) in [5.74, 6) is 0. The topological polar surface area (TPSA) is 38.3 Å². The van der Waals surface area contributed by atoms with Crippen molar-refractivity contribution >= 4 is 17.4 Å². The van der Waals surface area contributed by atoms with E-state index in [2.05, 4.69) is 5.32 Å². The van der Waals surface area contributed by atoms with Crippen LogP contribution in [0, 0.1) is 6.92 Å².